The highest BCUT2D eigenvalue weighted by molar-refractivity contribution is 5.78. The molecule has 1 aromatic carbocycles. The fraction of sp³-hybridized carbons (Fsp3) is 0.400. The summed E-state index contributed by atoms with van der Waals surface area (Å²) in [5.41, 5.74) is 10.1. The van der Waals surface area contributed by atoms with Gasteiger partial charge in [-0.3, -0.25) is 4.79 Å². The van der Waals surface area contributed by atoms with Gasteiger partial charge in [0.05, 0.1) is 6.20 Å². The van der Waals surface area contributed by atoms with Crippen LogP contribution in [0.3, 0.4) is 0 Å². The molecule has 1 aliphatic rings. The highest BCUT2D eigenvalue weighted by Crippen LogP contribution is 2.27. The molecule has 5 heteroatoms. The number of hydrogen-bond donors (Lipinski definition) is 1. The molecule has 3 rings (SSSR count). The van der Waals surface area contributed by atoms with Crippen molar-refractivity contribution in [1.82, 2.24) is 15.0 Å². The predicted octanol–water partition coefficient (Wildman–Crippen LogP) is 1.87. The number of nitrogens with zero attached hydrogens (tertiary/aromatic N) is 3. The molecule has 0 radical (unpaired) electrons. The molecule has 1 aliphatic carbocycles. The van der Waals surface area contributed by atoms with E-state index in [-0.39, 0.29) is 5.91 Å². The summed E-state index contributed by atoms with van der Waals surface area (Å²) in [6.07, 6.45) is 5.95. The maximum Gasteiger partial charge on any atom is 0.242 e. The van der Waals surface area contributed by atoms with Gasteiger partial charge in [0.2, 0.25) is 5.91 Å². The number of hydrogen-bond acceptors (Lipinski definition) is 3. The van der Waals surface area contributed by atoms with Crippen LogP contribution in [0.5, 0.6) is 0 Å². The SMILES string of the molecule is CCC(C(N)=O)n1cc(-c2ccc3c(c2)CCC3)nn1. The van der Waals surface area contributed by atoms with Crippen LogP contribution in [0.2, 0.25) is 0 Å². The molecule has 0 bridgehead atoms. The number of fused-ring (bicyclic) bond motifs is 1. The molecular weight excluding hydrogens is 252 g/mol. The van der Waals surface area contributed by atoms with Crippen molar-refractivity contribution in [1.29, 1.82) is 0 Å². The molecule has 0 saturated carbocycles. The smallest absolute Gasteiger partial charge is 0.242 e. The zero-order valence-corrected chi connectivity index (χ0v) is 11.5. The van der Waals surface area contributed by atoms with Crippen LogP contribution in [0, 0.1) is 0 Å². The molecule has 0 aliphatic heterocycles. The Bertz CT molecular complexity index is 647. The van der Waals surface area contributed by atoms with Crippen molar-refractivity contribution in [3.63, 3.8) is 0 Å². The summed E-state index contributed by atoms with van der Waals surface area (Å²) < 4.78 is 1.56. The second-order valence-corrected chi connectivity index (χ2v) is 5.25. The quantitative estimate of drug-likeness (QED) is 0.921. The predicted molar refractivity (Wildman–Crippen MR) is 76.0 cm³/mol. The summed E-state index contributed by atoms with van der Waals surface area (Å²) in [4.78, 5) is 11.4. The summed E-state index contributed by atoms with van der Waals surface area (Å²) in [5, 5.41) is 8.21. The van der Waals surface area contributed by atoms with E-state index in [9.17, 15) is 4.79 Å². The lowest BCUT2D eigenvalue weighted by Crippen LogP contribution is -2.26. The Kier molecular flexibility index (Phi) is 3.26. The lowest BCUT2D eigenvalue weighted by atomic mass is 10.0. The third-order valence-electron chi connectivity index (χ3n) is 3.94. The molecule has 0 spiro atoms. The highest BCUT2D eigenvalue weighted by atomic mass is 16.1. The third-order valence-corrected chi connectivity index (χ3v) is 3.94. The van der Waals surface area contributed by atoms with Crippen LogP contribution in [0.25, 0.3) is 11.3 Å². The van der Waals surface area contributed by atoms with Gasteiger partial charge >= 0.3 is 0 Å². The van der Waals surface area contributed by atoms with Crippen molar-refractivity contribution in [3.05, 3.63) is 35.5 Å². The summed E-state index contributed by atoms with van der Waals surface area (Å²) in [5.74, 6) is -0.377. The van der Waals surface area contributed by atoms with Crippen LogP contribution in [-0.2, 0) is 17.6 Å². The normalized spacial score (nSPS) is 15.1. The second-order valence-electron chi connectivity index (χ2n) is 5.25. The fourth-order valence-corrected chi connectivity index (χ4v) is 2.81. The van der Waals surface area contributed by atoms with Gasteiger partial charge in [0, 0.05) is 5.56 Å². The first-order valence-corrected chi connectivity index (χ1v) is 7.02. The number of primary amides is 1. The summed E-state index contributed by atoms with van der Waals surface area (Å²) in [7, 11) is 0. The van der Waals surface area contributed by atoms with Crippen LogP contribution < -0.4 is 5.73 Å². The Labute approximate surface area is 117 Å². The monoisotopic (exact) mass is 270 g/mol. The Balaban J connectivity index is 1.92. The van der Waals surface area contributed by atoms with Crippen LogP contribution in [0.15, 0.2) is 24.4 Å². The Morgan fingerprint density at radius 3 is 2.95 bits per heavy atom. The molecule has 1 atom stereocenters. The van der Waals surface area contributed by atoms with E-state index in [2.05, 4.69) is 28.5 Å². The van der Waals surface area contributed by atoms with E-state index in [1.54, 1.807) is 10.9 Å². The molecular formula is C15H18N4O. The second kappa shape index (κ2) is 5.07. The summed E-state index contributed by atoms with van der Waals surface area (Å²) in [6.45, 7) is 1.91. The number of benzene rings is 1. The number of nitrogens with two attached hydrogens (primary N) is 1. The van der Waals surface area contributed by atoms with E-state index in [1.165, 1.54) is 24.0 Å². The van der Waals surface area contributed by atoms with Gasteiger partial charge < -0.3 is 5.73 Å². The van der Waals surface area contributed by atoms with Crippen molar-refractivity contribution in [2.75, 3.05) is 0 Å². The fourth-order valence-electron chi connectivity index (χ4n) is 2.81. The Hall–Kier alpha value is -2.17. The highest BCUT2D eigenvalue weighted by Gasteiger charge is 2.18. The van der Waals surface area contributed by atoms with Crippen molar-refractivity contribution < 1.29 is 4.79 Å². The summed E-state index contributed by atoms with van der Waals surface area (Å²) >= 11 is 0. The zero-order valence-electron chi connectivity index (χ0n) is 11.5. The first kappa shape index (κ1) is 12.8. The lowest BCUT2D eigenvalue weighted by Gasteiger charge is -2.09. The number of amides is 1. The van der Waals surface area contributed by atoms with E-state index in [4.69, 9.17) is 5.73 Å². The van der Waals surface area contributed by atoms with Gasteiger partial charge in [0.1, 0.15) is 11.7 Å². The molecule has 5 nitrogen and oxygen atoms in total. The van der Waals surface area contributed by atoms with Crippen molar-refractivity contribution in [2.24, 2.45) is 5.73 Å². The number of rotatable bonds is 4. The van der Waals surface area contributed by atoms with Crippen molar-refractivity contribution >= 4 is 5.91 Å². The van der Waals surface area contributed by atoms with Crippen LogP contribution >= 0.6 is 0 Å². The van der Waals surface area contributed by atoms with E-state index < -0.39 is 6.04 Å². The maximum atomic E-state index is 11.4. The minimum absolute atomic E-state index is 0.377. The maximum absolute atomic E-state index is 11.4. The number of carbonyl (C=O) groups excluding carboxylic acids is 1. The molecule has 1 amide bonds. The number of carbonyl (C=O) groups is 1. The molecule has 0 saturated heterocycles. The Morgan fingerprint density at radius 2 is 2.20 bits per heavy atom. The van der Waals surface area contributed by atoms with Crippen LogP contribution in [0.1, 0.15) is 36.9 Å². The minimum atomic E-state index is -0.425. The van der Waals surface area contributed by atoms with Gasteiger partial charge in [-0.05, 0) is 42.9 Å². The largest absolute Gasteiger partial charge is 0.368 e. The van der Waals surface area contributed by atoms with Crippen molar-refractivity contribution in [2.45, 2.75) is 38.6 Å². The molecule has 0 fully saturated rings. The molecule has 1 unspecified atom stereocenters. The Morgan fingerprint density at radius 1 is 1.40 bits per heavy atom. The average Bonchev–Trinajstić information content (AvgIpc) is 3.06. The standard InChI is InChI=1S/C15H18N4O/c1-2-14(15(16)20)19-9-13(17-18-19)12-7-6-10-4-3-5-11(10)8-12/h6-9,14H,2-5H2,1H3,(H2,16,20). The third kappa shape index (κ3) is 2.19. The van der Waals surface area contributed by atoms with Gasteiger partial charge in [-0.25, -0.2) is 4.68 Å². The molecule has 1 aromatic heterocycles. The molecule has 1 heterocycles. The topological polar surface area (TPSA) is 73.8 Å². The number of aromatic nitrogens is 3. The van der Waals surface area contributed by atoms with Gasteiger partial charge in [-0.2, -0.15) is 0 Å². The first-order chi connectivity index (χ1) is 9.69. The van der Waals surface area contributed by atoms with E-state index >= 15 is 0 Å². The van der Waals surface area contributed by atoms with Gasteiger partial charge in [0.25, 0.3) is 0 Å². The zero-order chi connectivity index (χ0) is 14.1. The minimum Gasteiger partial charge on any atom is -0.368 e. The summed E-state index contributed by atoms with van der Waals surface area (Å²) in [6, 6.07) is 6.00. The lowest BCUT2D eigenvalue weighted by molar-refractivity contribution is -0.121. The van der Waals surface area contributed by atoms with E-state index in [0.29, 0.717) is 6.42 Å². The molecule has 20 heavy (non-hydrogen) atoms. The first-order valence-electron chi connectivity index (χ1n) is 7.02. The van der Waals surface area contributed by atoms with E-state index in [1.807, 2.05) is 6.92 Å². The molecule has 104 valence electrons. The van der Waals surface area contributed by atoms with Gasteiger partial charge in [-0.1, -0.05) is 24.3 Å². The van der Waals surface area contributed by atoms with Crippen molar-refractivity contribution in [3.8, 4) is 11.3 Å². The van der Waals surface area contributed by atoms with Crippen LogP contribution in [-0.4, -0.2) is 20.9 Å². The molecule has 2 N–H and O–H groups in total. The number of aryl methyl sites for hydroxylation is 2. The average molecular weight is 270 g/mol. The molecule has 2 aromatic rings. The van der Waals surface area contributed by atoms with Crippen LogP contribution in [0.4, 0.5) is 0 Å². The van der Waals surface area contributed by atoms with E-state index in [0.717, 1.165) is 17.7 Å². The van der Waals surface area contributed by atoms with Gasteiger partial charge in [0.15, 0.2) is 0 Å². The van der Waals surface area contributed by atoms with Gasteiger partial charge in [-0.15, -0.1) is 5.10 Å².